The highest BCUT2D eigenvalue weighted by molar-refractivity contribution is 9.10. The Kier molecular flexibility index (Phi) is 6.34. The van der Waals surface area contributed by atoms with Gasteiger partial charge in [0.25, 0.3) is 5.91 Å². The van der Waals surface area contributed by atoms with Gasteiger partial charge in [-0.2, -0.15) is 0 Å². The molecule has 1 atom stereocenters. The van der Waals surface area contributed by atoms with Crippen molar-refractivity contribution in [1.82, 2.24) is 5.32 Å². The second-order valence-electron chi connectivity index (χ2n) is 5.00. The highest BCUT2D eigenvalue weighted by Gasteiger charge is 2.23. The summed E-state index contributed by atoms with van der Waals surface area (Å²) in [6.45, 7) is 0. The normalized spacial score (nSPS) is 11.7. The zero-order valence-corrected chi connectivity index (χ0v) is 15.0. The van der Waals surface area contributed by atoms with Crippen LogP contribution in [-0.2, 0) is 16.0 Å². The first-order valence-electron chi connectivity index (χ1n) is 6.99. The van der Waals surface area contributed by atoms with E-state index in [2.05, 4.69) is 21.2 Å². The molecule has 2 aromatic carbocycles. The standard InChI is InChI=1S/C17H14BrClFNO3/c1-24-17(23)15(9-11-8-12(19)4-7-14(11)18)21-16(22)10-2-5-13(20)6-3-10/h2-8,15H,9H2,1H3,(H,21,22)/t15-/m0/s1. The van der Waals surface area contributed by atoms with Gasteiger partial charge in [-0.25, -0.2) is 9.18 Å². The van der Waals surface area contributed by atoms with Gasteiger partial charge in [0, 0.05) is 21.5 Å². The fourth-order valence-corrected chi connectivity index (χ4v) is 2.70. The molecule has 0 aromatic heterocycles. The van der Waals surface area contributed by atoms with E-state index in [-0.39, 0.29) is 12.0 Å². The van der Waals surface area contributed by atoms with Crippen molar-refractivity contribution in [3.63, 3.8) is 0 Å². The zero-order chi connectivity index (χ0) is 17.7. The maximum Gasteiger partial charge on any atom is 0.328 e. The lowest BCUT2D eigenvalue weighted by molar-refractivity contribution is -0.142. The Morgan fingerprint density at radius 2 is 1.92 bits per heavy atom. The summed E-state index contributed by atoms with van der Waals surface area (Å²) in [4.78, 5) is 24.2. The van der Waals surface area contributed by atoms with Crippen LogP contribution in [0.4, 0.5) is 4.39 Å². The van der Waals surface area contributed by atoms with E-state index in [0.717, 1.165) is 10.0 Å². The summed E-state index contributed by atoms with van der Waals surface area (Å²) in [6, 6.07) is 9.30. The summed E-state index contributed by atoms with van der Waals surface area (Å²) in [5.74, 6) is -1.53. The van der Waals surface area contributed by atoms with E-state index in [0.29, 0.717) is 5.02 Å². The molecule has 0 spiro atoms. The van der Waals surface area contributed by atoms with Crippen molar-refractivity contribution < 1.29 is 18.7 Å². The quantitative estimate of drug-likeness (QED) is 0.758. The molecule has 2 aromatic rings. The van der Waals surface area contributed by atoms with Gasteiger partial charge in [-0.15, -0.1) is 0 Å². The monoisotopic (exact) mass is 413 g/mol. The summed E-state index contributed by atoms with van der Waals surface area (Å²) < 4.78 is 18.5. The number of benzene rings is 2. The van der Waals surface area contributed by atoms with Gasteiger partial charge in [0.05, 0.1) is 7.11 Å². The number of carbonyl (C=O) groups excluding carboxylic acids is 2. The number of halogens is 3. The van der Waals surface area contributed by atoms with E-state index in [9.17, 15) is 14.0 Å². The second-order valence-corrected chi connectivity index (χ2v) is 6.29. The van der Waals surface area contributed by atoms with E-state index in [1.807, 2.05) is 0 Å². The van der Waals surface area contributed by atoms with E-state index in [1.54, 1.807) is 18.2 Å². The molecule has 1 amide bonds. The average molecular weight is 415 g/mol. The maximum atomic E-state index is 12.9. The number of nitrogens with one attached hydrogen (secondary N) is 1. The maximum absolute atomic E-state index is 12.9. The van der Waals surface area contributed by atoms with Crippen LogP contribution in [0.5, 0.6) is 0 Å². The SMILES string of the molecule is COC(=O)[C@H](Cc1cc(Cl)ccc1Br)NC(=O)c1ccc(F)cc1. The molecule has 24 heavy (non-hydrogen) atoms. The lowest BCUT2D eigenvalue weighted by Gasteiger charge is -2.17. The molecule has 4 nitrogen and oxygen atoms in total. The minimum absolute atomic E-state index is 0.195. The number of amides is 1. The van der Waals surface area contributed by atoms with E-state index < -0.39 is 23.7 Å². The van der Waals surface area contributed by atoms with Gasteiger partial charge in [-0.05, 0) is 48.0 Å². The molecule has 0 saturated heterocycles. The van der Waals surface area contributed by atoms with Crippen molar-refractivity contribution >= 4 is 39.4 Å². The third kappa shape index (κ3) is 4.79. The molecule has 1 N–H and O–H groups in total. The molecule has 0 aliphatic heterocycles. The van der Waals surface area contributed by atoms with Gasteiger partial charge in [0.15, 0.2) is 0 Å². The van der Waals surface area contributed by atoms with Crippen molar-refractivity contribution in [2.24, 2.45) is 0 Å². The summed E-state index contributed by atoms with van der Waals surface area (Å²) in [5, 5.41) is 3.11. The smallest absolute Gasteiger partial charge is 0.328 e. The molecule has 0 bridgehead atoms. The molecule has 0 unspecified atom stereocenters. The molecule has 0 saturated carbocycles. The molecular weight excluding hydrogens is 401 g/mol. The average Bonchev–Trinajstić information content (AvgIpc) is 2.57. The van der Waals surface area contributed by atoms with Gasteiger partial charge < -0.3 is 10.1 Å². The number of carbonyl (C=O) groups is 2. The van der Waals surface area contributed by atoms with Crippen LogP contribution in [0.2, 0.25) is 5.02 Å². The fraction of sp³-hybridized carbons (Fsp3) is 0.176. The second kappa shape index (κ2) is 8.26. The first-order chi connectivity index (χ1) is 11.4. The third-order valence-corrected chi connectivity index (χ3v) is 4.34. The van der Waals surface area contributed by atoms with Crippen LogP contribution in [-0.4, -0.2) is 25.0 Å². The predicted octanol–water partition coefficient (Wildman–Crippen LogP) is 3.76. The summed E-state index contributed by atoms with van der Waals surface area (Å²) in [6.07, 6.45) is 0.195. The number of rotatable bonds is 5. The summed E-state index contributed by atoms with van der Waals surface area (Å²) >= 11 is 9.35. The zero-order valence-electron chi connectivity index (χ0n) is 12.7. The van der Waals surface area contributed by atoms with E-state index in [4.69, 9.17) is 16.3 Å². The molecular formula is C17H14BrClFNO3. The van der Waals surface area contributed by atoms with Crippen LogP contribution in [0.1, 0.15) is 15.9 Å². The molecule has 0 aliphatic carbocycles. The number of ether oxygens (including phenoxy) is 1. The Balaban J connectivity index is 2.19. The Morgan fingerprint density at radius 3 is 2.54 bits per heavy atom. The highest BCUT2D eigenvalue weighted by Crippen LogP contribution is 2.22. The Bertz CT molecular complexity index is 752. The Morgan fingerprint density at radius 1 is 1.25 bits per heavy atom. The van der Waals surface area contributed by atoms with Crippen LogP contribution in [0.3, 0.4) is 0 Å². The third-order valence-electron chi connectivity index (χ3n) is 3.33. The molecule has 126 valence electrons. The largest absolute Gasteiger partial charge is 0.467 e. The Labute approximate surface area is 152 Å². The van der Waals surface area contributed by atoms with Crippen molar-refractivity contribution in [1.29, 1.82) is 0 Å². The molecule has 0 aliphatic rings. The Hall–Kier alpha value is -1.92. The minimum atomic E-state index is -0.901. The number of hydrogen-bond donors (Lipinski definition) is 1. The topological polar surface area (TPSA) is 55.4 Å². The fourth-order valence-electron chi connectivity index (χ4n) is 2.10. The van der Waals surface area contributed by atoms with Gasteiger partial charge in [-0.3, -0.25) is 4.79 Å². The number of methoxy groups -OCH3 is 1. The van der Waals surface area contributed by atoms with Crippen LogP contribution < -0.4 is 5.32 Å². The van der Waals surface area contributed by atoms with Crippen LogP contribution in [0, 0.1) is 5.82 Å². The lowest BCUT2D eigenvalue weighted by atomic mass is 10.1. The summed E-state index contributed by atoms with van der Waals surface area (Å²) in [5.41, 5.74) is 0.993. The number of esters is 1. The van der Waals surface area contributed by atoms with Crippen LogP contribution in [0.15, 0.2) is 46.9 Å². The van der Waals surface area contributed by atoms with Crippen LogP contribution in [0.25, 0.3) is 0 Å². The lowest BCUT2D eigenvalue weighted by Crippen LogP contribution is -2.43. The van der Waals surface area contributed by atoms with Crippen molar-refractivity contribution in [2.45, 2.75) is 12.5 Å². The predicted molar refractivity (Wildman–Crippen MR) is 92.5 cm³/mol. The minimum Gasteiger partial charge on any atom is -0.467 e. The molecule has 2 rings (SSSR count). The van der Waals surface area contributed by atoms with Crippen molar-refractivity contribution in [2.75, 3.05) is 7.11 Å². The highest BCUT2D eigenvalue weighted by atomic mass is 79.9. The van der Waals surface area contributed by atoms with Gasteiger partial charge >= 0.3 is 5.97 Å². The van der Waals surface area contributed by atoms with Gasteiger partial charge in [0.2, 0.25) is 0 Å². The first kappa shape index (κ1) is 18.4. The van der Waals surface area contributed by atoms with E-state index >= 15 is 0 Å². The van der Waals surface area contributed by atoms with E-state index in [1.165, 1.54) is 31.4 Å². The molecule has 0 radical (unpaired) electrons. The van der Waals surface area contributed by atoms with Gasteiger partial charge in [-0.1, -0.05) is 27.5 Å². The van der Waals surface area contributed by atoms with Crippen molar-refractivity contribution in [3.8, 4) is 0 Å². The van der Waals surface area contributed by atoms with Crippen LogP contribution >= 0.6 is 27.5 Å². The molecule has 0 fully saturated rings. The first-order valence-corrected chi connectivity index (χ1v) is 8.16. The summed E-state index contributed by atoms with van der Waals surface area (Å²) in [7, 11) is 1.24. The number of hydrogen-bond acceptors (Lipinski definition) is 3. The van der Waals surface area contributed by atoms with Gasteiger partial charge in [0.1, 0.15) is 11.9 Å². The molecule has 7 heteroatoms. The van der Waals surface area contributed by atoms with Crippen molar-refractivity contribution in [3.05, 3.63) is 68.9 Å². The molecule has 0 heterocycles.